The van der Waals surface area contributed by atoms with Crippen LogP contribution in [0.5, 0.6) is 17.2 Å². The van der Waals surface area contributed by atoms with Crippen LogP contribution in [0.1, 0.15) is 10.4 Å². The topological polar surface area (TPSA) is 77.1 Å². The lowest BCUT2D eigenvalue weighted by Crippen LogP contribution is -2.26. The molecule has 0 radical (unpaired) electrons. The number of para-hydroxylation sites is 1. The Balaban J connectivity index is 1.64. The summed E-state index contributed by atoms with van der Waals surface area (Å²) in [6.45, 7) is -0.209. The molecule has 3 aromatic rings. The molecule has 7 nitrogen and oxygen atoms in total. The van der Waals surface area contributed by atoms with Gasteiger partial charge >= 0.3 is 0 Å². The number of benzene rings is 3. The molecular formula is C24H24N2O5. The Labute approximate surface area is 181 Å². The van der Waals surface area contributed by atoms with Crippen molar-refractivity contribution in [1.82, 2.24) is 0 Å². The Hall–Kier alpha value is -4.00. The SMILES string of the molecule is COc1ccc(NC(=O)COc2ccc(C(=O)N(C)c3ccccc3)cc2OC)cc1. The molecular weight excluding hydrogens is 396 g/mol. The van der Waals surface area contributed by atoms with Crippen LogP contribution < -0.4 is 24.4 Å². The minimum absolute atomic E-state index is 0.187. The Morgan fingerprint density at radius 2 is 1.58 bits per heavy atom. The standard InChI is InChI=1S/C24H24N2O5/c1-26(19-7-5-4-6-8-19)24(28)17-9-14-21(22(15-17)30-3)31-16-23(27)25-18-10-12-20(29-2)13-11-18/h4-15H,16H2,1-3H3,(H,25,27). The maximum Gasteiger partial charge on any atom is 0.262 e. The molecule has 0 saturated heterocycles. The van der Waals surface area contributed by atoms with Crippen LogP contribution >= 0.6 is 0 Å². The van der Waals surface area contributed by atoms with Gasteiger partial charge in [-0.15, -0.1) is 0 Å². The Kier molecular flexibility index (Phi) is 7.11. The van der Waals surface area contributed by atoms with Gasteiger partial charge in [0, 0.05) is 24.0 Å². The second kappa shape index (κ2) is 10.2. The molecule has 0 saturated carbocycles. The summed E-state index contributed by atoms with van der Waals surface area (Å²) in [4.78, 5) is 26.5. The number of amides is 2. The summed E-state index contributed by atoms with van der Waals surface area (Å²) in [6.07, 6.45) is 0. The van der Waals surface area contributed by atoms with E-state index >= 15 is 0 Å². The molecule has 0 aliphatic heterocycles. The molecule has 2 amide bonds. The summed E-state index contributed by atoms with van der Waals surface area (Å²) in [5, 5.41) is 2.74. The summed E-state index contributed by atoms with van der Waals surface area (Å²) in [7, 11) is 4.76. The van der Waals surface area contributed by atoms with E-state index in [1.165, 1.54) is 7.11 Å². The van der Waals surface area contributed by atoms with E-state index in [0.717, 1.165) is 5.69 Å². The number of nitrogens with one attached hydrogen (secondary N) is 1. The van der Waals surface area contributed by atoms with Gasteiger partial charge in [0.2, 0.25) is 0 Å². The minimum Gasteiger partial charge on any atom is -0.497 e. The monoisotopic (exact) mass is 420 g/mol. The summed E-state index contributed by atoms with van der Waals surface area (Å²) >= 11 is 0. The van der Waals surface area contributed by atoms with Crippen LogP contribution in [0.25, 0.3) is 0 Å². The van der Waals surface area contributed by atoms with E-state index in [1.54, 1.807) is 61.5 Å². The summed E-state index contributed by atoms with van der Waals surface area (Å²) in [5.74, 6) is 0.923. The third-order valence-electron chi connectivity index (χ3n) is 4.59. The van der Waals surface area contributed by atoms with Gasteiger partial charge < -0.3 is 24.4 Å². The van der Waals surface area contributed by atoms with E-state index in [9.17, 15) is 9.59 Å². The molecule has 1 N–H and O–H groups in total. The summed E-state index contributed by atoms with van der Waals surface area (Å²) < 4.78 is 16.0. The first-order chi connectivity index (χ1) is 15.0. The average Bonchev–Trinajstić information content (AvgIpc) is 2.82. The van der Waals surface area contributed by atoms with E-state index in [-0.39, 0.29) is 18.4 Å². The highest BCUT2D eigenvalue weighted by Crippen LogP contribution is 2.29. The van der Waals surface area contributed by atoms with E-state index in [1.807, 2.05) is 30.3 Å². The summed E-state index contributed by atoms with van der Waals surface area (Å²) in [6, 6.07) is 21.2. The number of ether oxygens (including phenoxy) is 3. The van der Waals surface area contributed by atoms with Crippen LogP contribution in [0.3, 0.4) is 0 Å². The van der Waals surface area contributed by atoms with Crippen molar-refractivity contribution >= 4 is 23.2 Å². The highest BCUT2D eigenvalue weighted by molar-refractivity contribution is 6.06. The number of methoxy groups -OCH3 is 2. The third-order valence-corrected chi connectivity index (χ3v) is 4.59. The van der Waals surface area contributed by atoms with Crippen molar-refractivity contribution in [3.05, 3.63) is 78.4 Å². The van der Waals surface area contributed by atoms with E-state index < -0.39 is 0 Å². The molecule has 3 rings (SSSR count). The zero-order valence-electron chi connectivity index (χ0n) is 17.6. The first kappa shape index (κ1) is 21.7. The number of rotatable bonds is 8. The molecule has 0 bridgehead atoms. The van der Waals surface area contributed by atoms with Gasteiger partial charge in [0.15, 0.2) is 18.1 Å². The highest BCUT2D eigenvalue weighted by Gasteiger charge is 2.16. The number of carbonyl (C=O) groups excluding carboxylic acids is 2. The maximum absolute atomic E-state index is 12.8. The lowest BCUT2D eigenvalue weighted by atomic mass is 10.1. The van der Waals surface area contributed by atoms with Crippen molar-refractivity contribution < 1.29 is 23.8 Å². The number of carbonyl (C=O) groups is 2. The molecule has 31 heavy (non-hydrogen) atoms. The predicted molar refractivity (Wildman–Crippen MR) is 119 cm³/mol. The highest BCUT2D eigenvalue weighted by atomic mass is 16.5. The third kappa shape index (κ3) is 5.54. The largest absolute Gasteiger partial charge is 0.497 e. The number of hydrogen-bond donors (Lipinski definition) is 1. The molecule has 0 aromatic heterocycles. The van der Waals surface area contributed by atoms with Crippen LogP contribution in [-0.4, -0.2) is 39.7 Å². The second-order valence-electron chi connectivity index (χ2n) is 6.63. The van der Waals surface area contributed by atoms with E-state index in [4.69, 9.17) is 14.2 Å². The van der Waals surface area contributed by atoms with Gasteiger partial charge in [0.25, 0.3) is 11.8 Å². The van der Waals surface area contributed by atoms with Crippen molar-refractivity contribution in [1.29, 1.82) is 0 Å². The molecule has 0 unspecified atom stereocenters. The summed E-state index contributed by atoms with van der Waals surface area (Å²) in [5.41, 5.74) is 1.85. The molecule has 3 aromatic carbocycles. The molecule has 7 heteroatoms. The van der Waals surface area contributed by atoms with Gasteiger partial charge in [-0.2, -0.15) is 0 Å². The number of hydrogen-bond acceptors (Lipinski definition) is 5. The van der Waals surface area contributed by atoms with Crippen LogP contribution in [-0.2, 0) is 4.79 Å². The molecule has 160 valence electrons. The minimum atomic E-state index is -0.323. The predicted octanol–water partition coefficient (Wildman–Crippen LogP) is 4.00. The van der Waals surface area contributed by atoms with Gasteiger partial charge in [-0.1, -0.05) is 18.2 Å². The quantitative estimate of drug-likeness (QED) is 0.596. The Morgan fingerprint density at radius 1 is 0.871 bits per heavy atom. The molecule has 0 fully saturated rings. The van der Waals surface area contributed by atoms with Gasteiger partial charge in [0.05, 0.1) is 14.2 Å². The first-order valence-electron chi connectivity index (χ1n) is 9.59. The number of nitrogens with zero attached hydrogens (tertiary/aromatic N) is 1. The molecule has 0 aliphatic rings. The fourth-order valence-corrected chi connectivity index (χ4v) is 2.90. The van der Waals surface area contributed by atoms with Crippen molar-refractivity contribution in [3.63, 3.8) is 0 Å². The maximum atomic E-state index is 12.8. The van der Waals surface area contributed by atoms with E-state index in [0.29, 0.717) is 28.5 Å². The van der Waals surface area contributed by atoms with Crippen molar-refractivity contribution in [2.24, 2.45) is 0 Å². The fraction of sp³-hybridized carbons (Fsp3) is 0.167. The zero-order valence-corrected chi connectivity index (χ0v) is 17.6. The van der Waals surface area contributed by atoms with Crippen LogP contribution in [0.4, 0.5) is 11.4 Å². The van der Waals surface area contributed by atoms with Crippen molar-refractivity contribution in [2.75, 3.05) is 38.1 Å². The van der Waals surface area contributed by atoms with Gasteiger partial charge in [-0.3, -0.25) is 9.59 Å². The smallest absolute Gasteiger partial charge is 0.262 e. The van der Waals surface area contributed by atoms with Gasteiger partial charge in [-0.25, -0.2) is 0 Å². The first-order valence-corrected chi connectivity index (χ1v) is 9.59. The second-order valence-corrected chi connectivity index (χ2v) is 6.63. The van der Waals surface area contributed by atoms with Crippen LogP contribution in [0, 0.1) is 0 Å². The number of anilines is 2. The molecule has 0 heterocycles. The van der Waals surface area contributed by atoms with E-state index in [2.05, 4.69) is 5.32 Å². The van der Waals surface area contributed by atoms with Crippen molar-refractivity contribution in [2.45, 2.75) is 0 Å². The van der Waals surface area contributed by atoms with Gasteiger partial charge in [0.1, 0.15) is 5.75 Å². The normalized spacial score (nSPS) is 10.2. The van der Waals surface area contributed by atoms with Crippen LogP contribution in [0.2, 0.25) is 0 Å². The molecule has 0 aliphatic carbocycles. The zero-order chi connectivity index (χ0) is 22.2. The fourth-order valence-electron chi connectivity index (χ4n) is 2.90. The molecule has 0 spiro atoms. The Morgan fingerprint density at radius 3 is 2.23 bits per heavy atom. The van der Waals surface area contributed by atoms with Crippen molar-refractivity contribution in [3.8, 4) is 17.2 Å². The lowest BCUT2D eigenvalue weighted by molar-refractivity contribution is -0.118. The average molecular weight is 420 g/mol. The lowest BCUT2D eigenvalue weighted by Gasteiger charge is -2.18. The Bertz CT molecular complexity index is 1040. The molecule has 0 atom stereocenters. The van der Waals surface area contributed by atoms with Crippen LogP contribution in [0.15, 0.2) is 72.8 Å². The van der Waals surface area contributed by atoms with Gasteiger partial charge in [-0.05, 0) is 54.6 Å².